The van der Waals surface area contributed by atoms with Gasteiger partial charge in [-0.05, 0) is 17.7 Å². The molecule has 20 heavy (non-hydrogen) atoms. The smallest absolute Gasteiger partial charge is 0.390 e. The van der Waals surface area contributed by atoms with E-state index < -0.39 is 41.8 Å². The van der Waals surface area contributed by atoms with Crippen LogP contribution in [0.25, 0.3) is 0 Å². The molecule has 0 spiro atoms. The molecule has 4 N–H and O–H groups in total. The maximum atomic E-state index is 12.7. The third-order valence-corrected chi connectivity index (χ3v) is 2.59. The molecule has 0 heterocycles. The molecule has 108 valence electrons. The van der Waals surface area contributed by atoms with E-state index in [9.17, 15) is 28.2 Å². The molecular formula is C12H11F3N2O3. The molecule has 1 rings (SSSR count). The number of hydrogen-bond acceptors (Lipinski definition) is 4. The topological polar surface area (TPSA) is 107 Å². The van der Waals surface area contributed by atoms with Crippen molar-refractivity contribution in [2.24, 2.45) is 5.73 Å². The first-order chi connectivity index (χ1) is 9.16. The van der Waals surface area contributed by atoms with Gasteiger partial charge in [0.1, 0.15) is 6.10 Å². The Hall–Kier alpha value is -2.11. The quantitative estimate of drug-likeness (QED) is 0.763. The largest absolute Gasteiger partial charge is 0.417 e. The Morgan fingerprint density at radius 3 is 2.45 bits per heavy atom. The number of rotatable bonds is 4. The maximum Gasteiger partial charge on any atom is 0.417 e. The van der Waals surface area contributed by atoms with Gasteiger partial charge in [-0.25, -0.2) is 0 Å². The molecule has 0 aliphatic carbocycles. The van der Waals surface area contributed by atoms with E-state index in [1.807, 2.05) is 0 Å². The highest BCUT2D eigenvalue weighted by Gasteiger charge is 2.34. The lowest BCUT2D eigenvalue weighted by Gasteiger charge is -2.18. The molecule has 1 aromatic carbocycles. The lowest BCUT2D eigenvalue weighted by molar-refractivity contribution is -0.138. The normalized spacial score (nSPS) is 14.4. The number of benzene rings is 1. The first kappa shape index (κ1) is 15.9. The molecular weight excluding hydrogens is 277 g/mol. The predicted molar refractivity (Wildman–Crippen MR) is 60.9 cm³/mol. The fourth-order valence-corrected chi connectivity index (χ4v) is 1.62. The van der Waals surface area contributed by atoms with E-state index in [-0.39, 0.29) is 5.56 Å². The highest BCUT2D eigenvalue weighted by Crippen LogP contribution is 2.34. The van der Waals surface area contributed by atoms with E-state index in [4.69, 9.17) is 11.0 Å². The first-order valence-corrected chi connectivity index (χ1v) is 5.42. The van der Waals surface area contributed by atoms with Crippen LogP contribution in [-0.4, -0.2) is 22.2 Å². The minimum Gasteiger partial charge on any atom is -0.390 e. The second-order valence-electron chi connectivity index (χ2n) is 4.10. The fraction of sp³-hybridized carbons (Fsp3) is 0.333. The Kier molecular flexibility index (Phi) is 4.70. The van der Waals surface area contributed by atoms with Crippen LogP contribution in [0.2, 0.25) is 0 Å². The van der Waals surface area contributed by atoms with Crippen molar-refractivity contribution in [3.05, 3.63) is 34.9 Å². The highest BCUT2D eigenvalue weighted by atomic mass is 19.4. The van der Waals surface area contributed by atoms with Gasteiger partial charge < -0.3 is 15.9 Å². The zero-order chi connectivity index (χ0) is 15.5. The number of amides is 1. The van der Waals surface area contributed by atoms with Gasteiger partial charge in [-0.2, -0.15) is 18.4 Å². The van der Waals surface area contributed by atoms with Crippen LogP contribution < -0.4 is 5.73 Å². The number of alkyl halides is 3. The van der Waals surface area contributed by atoms with E-state index in [0.29, 0.717) is 6.07 Å². The van der Waals surface area contributed by atoms with Crippen LogP contribution in [0.4, 0.5) is 13.2 Å². The number of aliphatic hydroxyl groups excluding tert-OH is 2. The minimum atomic E-state index is -4.77. The fourth-order valence-electron chi connectivity index (χ4n) is 1.62. The Morgan fingerprint density at radius 2 is 2.00 bits per heavy atom. The van der Waals surface area contributed by atoms with Crippen molar-refractivity contribution in [3.63, 3.8) is 0 Å². The van der Waals surface area contributed by atoms with Gasteiger partial charge in [-0.3, -0.25) is 4.79 Å². The number of nitrogens with zero attached hydrogens (tertiary/aromatic N) is 1. The van der Waals surface area contributed by atoms with Crippen LogP contribution in [0.5, 0.6) is 0 Å². The van der Waals surface area contributed by atoms with Crippen LogP contribution >= 0.6 is 0 Å². The van der Waals surface area contributed by atoms with Crippen molar-refractivity contribution in [1.29, 1.82) is 5.26 Å². The molecule has 8 heteroatoms. The molecule has 0 saturated heterocycles. The van der Waals surface area contributed by atoms with E-state index in [0.717, 1.165) is 12.1 Å². The van der Waals surface area contributed by atoms with Crippen molar-refractivity contribution in [2.45, 2.75) is 24.8 Å². The van der Waals surface area contributed by atoms with Gasteiger partial charge in [0.2, 0.25) is 5.91 Å². The molecule has 0 bridgehead atoms. The standard InChI is InChI=1S/C12H11F3N2O3/c13-12(14,15)8-3-6(1-2-7(8)5-16)11(20)9(18)4-10(17)19/h1-3,9,11,18,20H,4H2,(H2,17,19). The molecule has 0 radical (unpaired) electrons. The summed E-state index contributed by atoms with van der Waals surface area (Å²) in [5.41, 5.74) is 2.74. The van der Waals surface area contributed by atoms with Gasteiger partial charge >= 0.3 is 6.18 Å². The number of primary amides is 1. The second kappa shape index (κ2) is 5.90. The molecule has 0 fully saturated rings. The van der Waals surface area contributed by atoms with Crippen LogP contribution in [0.1, 0.15) is 29.2 Å². The van der Waals surface area contributed by atoms with Crippen LogP contribution in [0.15, 0.2) is 18.2 Å². The number of aliphatic hydroxyl groups is 2. The minimum absolute atomic E-state index is 0.259. The molecule has 0 aliphatic rings. The zero-order valence-corrected chi connectivity index (χ0v) is 10.1. The Labute approximate surface area is 112 Å². The average molecular weight is 288 g/mol. The number of nitrogens with two attached hydrogens (primary N) is 1. The Bertz CT molecular complexity index is 552. The summed E-state index contributed by atoms with van der Waals surface area (Å²) in [5, 5.41) is 27.8. The van der Waals surface area contributed by atoms with Crippen molar-refractivity contribution in [2.75, 3.05) is 0 Å². The third kappa shape index (κ3) is 3.69. The number of carbonyl (C=O) groups is 1. The van der Waals surface area contributed by atoms with Crippen molar-refractivity contribution in [3.8, 4) is 6.07 Å². The third-order valence-electron chi connectivity index (χ3n) is 2.59. The number of carbonyl (C=O) groups excluding carboxylic acids is 1. The predicted octanol–water partition coefficient (Wildman–Crippen LogP) is 0.847. The first-order valence-electron chi connectivity index (χ1n) is 5.42. The van der Waals surface area contributed by atoms with Crippen LogP contribution in [-0.2, 0) is 11.0 Å². The van der Waals surface area contributed by atoms with Crippen molar-refractivity contribution in [1.82, 2.24) is 0 Å². The zero-order valence-electron chi connectivity index (χ0n) is 10.1. The van der Waals surface area contributed by atoms with Crippen molar-refractivity contribution < 1.29 is 28.2 Å². The highest BCUT2D eigenvalue weighted by molar-refractivity contribution is 5.74. The number of nitriles is 1. The van der Waals surface area contributed by atoms with Crippen LogP contribution in [0.3, 0.4) is 0 Å². The molecule has 5 nitrogen and oxygen atoms in total. The SMILES string of the molecule is N#Cc1ccc(C(O)C(O)CC(N)=O)cc1C(F)(F)F. The number of hydrogen-bond donors (Lipinski definition) is 3. The summed E-state index contributed by atoms with van der Waals surface area (Å²) in [5.74, 6) is -0.902. The van der Waals surface area contributed by atoms with Gasteiger partial charge in [0, 0.05) is 0 Å². The monoisotopic (exact) mass is 288 g/mol. The van der Waals surface area contributed by atoms with Crippen molar-refractivity contribution >= 4 is 5.91 Å². The average Bonchev–Trinajstić information content (AvgIpc) is 2.35. The molecule has 0 aliphatic heterocycles. The lowest BCUT2D eigenvalue weighted by Crippen LogP contribution is -2.26. The van der Waals surface area contributed by atoms with E-state index in [1.165, 1.54) is 6.07 Å². The molecule has 2 unspecified atom stereocenters. The summed E-state index contributed by atoms with van der Waals surface area (Å²) in [6.45, 7) is 0. The van der Waals surface area contributed by atoms with Gasteiger partial charge in [-0.1, -0.05) is 6.07 Å². The summed E-state index contributed by atoms with van der Waals surface area (Å²) >= 11 is 0. The Balaban J connectivity index is 3.15. The Morgan fingerprint density at radius 1 is 1.40 bits per heavy atom. The van der Waals surface area contributed by atoms with E-state index in [2.05, 4.69) is 0 Å². The van der Waals surface area contributed by atoms with Gasteiger partial charge in [0.25, 0.3) is 0 Å². The molecule has 0 aromatic heterocycles. The second-order valence-corrected chi connectivity index (χ2v) is 4.10. The molecule has 1 aromatic rings. The molecule has 1 amide bonds. The molecule has 0 saturated carbocycles. The van der Waals surface area contributed by atoms with Gasteiger partial charge in [0.05, 0.1) is 29.7 Å². The van der Waals surface area contributed by atoms with Gasteiger partial charge in [-0.15, -0.1) is 0 Å². The van der Waals surface area contributed by atoms with E-state index >= 15 is 0 Å². The van der Waals surface area contributed by atoms with Gasteiger partial charge in [0.15, 0.2) is 0 Å². The van der Waals surface area contributed by atoms with E-state index in [1.54, 1.807) is 0 Å². The lowest BCUT2D eigenvalue weighted by atomic mass is 9.97. The maximum absolute atomic E-state index is 12.7. The summed E-state index contributed by atoms with van der Waals surface area (Å²) < 4.78 is 38.2. The summed E-state index contributed by atoms with van der Waals surface area (Å²) in [4.78, 5) is 10.6. The summed E-state index contributed by atoms with van der Waals surface area (Å²) in [6.07, 6.45) is -8.70. The molecule has 2 atom stereocenters. The summed E-state index contributed by atoms with van der Waals surface area (Å²) in [7, 11) is 0. The summed E-state index contributed by atoms with van der Waals surface area (Å²) in [6, 6.07) is 3.91. The number of halogens is 3. The van der Waals surface area contributed by atoms with Crippen LogP contribution in [0, 0.1) is 11.3 Å².